The molecular weight excluding hydrogens is 332 g/mol. The molecule has 4 amide bonds. The number of piperidine rings is 1. The van der Waals surface area contributed by atoms with Crippen molar-refractivity contribution in [2.75, 3.05) is 26.2 Å². The molecular formula is C16H29ClN4O3. The van der Waals surface area contributed by atoms with Crippen molar-refractivity contribution in [3.8, 4) is 0 Å². The normalized spacial score (nSPS) is 22.8. The highest BCUT2D eigenvalue weighted by Gasteiger charge is 2.49. The van der Waals surface area contributed by atoms with Crippen molar-refractivity contribution >= 4 is 30.3 Å². The molecule has 2 aliphatic rings. The van der Waals surface area contributed by atoms with E-state index in [9.17, 15) is 14.4 Å². The highest BCUT2D eigenvalue weighted by Crippen LogP contribution is 2.24. The molecule has 2 aliphatic heterocycles. The van der Waals surface area contributed by atoms with Crippen molar-refractivity contribution < 1.29 is 14.4 Å². The number of amides is 4. The number of imide groups is 1. The zero-order valence-corrected chi connectivity index (χ0v) is 15.3. The summed E-state index contributed by atoms with van der Waals surface area (Å²) < 4.78 is 0. The van der Waals surface area contributed by atoms with E-state index in [1.165, 1.54) is 12.8 Å². The number of hydrogen-bond acceptors (Lipinski definition) is 4. The summed E-state index contributed by atoms with van der Waals surface area (Å²) in [6, 6.07) is -0.467. The van der Waals surface area contributed by atoms with E-state index in [-0.39, 0.29) is 30.8 Å². The average Bonchev–Trinajstić information content (AvgIpc) is 2.80. The first-order valence-corrected chi connectivity index (χ1v) is 8.64. The third-order valence-corrected chi connectivity index (χ3v) is 5.03. The Morgan fingerprint density at radius 1 is 1.33 bits per heavy atom. The molecule has 0 aliphatic carbocycles. The van der Waals surface area contributed by atoms with E-state index in [4.69, 9.17) is 0 Å². The van der Waals surface area contributed by atoms with Crippen LogP contribution in [0.3, 0.4) is 0 Å². The summed E-state index contributed by atoms with van der Waals surface area (Å²) in [5, 5.41) is 8.90. The van der Waals surface area contributed by atoms with E-state index in [2.05, 4.69) is 16.0 Å². The second-order valence-corrected chi connectivity index (χ2v) is 6.46. The van der Waals surface area contributed by atoms with Crippen LogP contribution in [-0.2, 0) is 9.59 Å². The summed E-state index contributed by atoms with van der Waals surface area (Å²) in [4.78, 5) is 37.4. The second-order valence-electron chi connectivity index (χ2n) is 6.46. The largest absolute Gasteiger partial charge is 0.355 e. The van der Waals surface area contributed by atoms with Gasteiger partial charge < -0.3 is 16.0 Å². The summed E-state index contributed by atoms with van der Waals surface area (Å²) in [6.07, 6.45) is 4.34. The fourth-order valence-corrected chi connectivity index (χ4v) is 3.33. The maximum absolute atomic E-state index is 12.4. The van der Waals surface area contributed by atoms with E-state index in [0.717, 1.165) is 24.4 Å². The molecule has 2 rings (SSSR count). The van der Waals surface area contributed by atoms with Gasteiger partial charge in [0.25, 0.3) is 5.91 Å². The lowest BCUT2D eigenvalue weighted by molar-refractivity contribution is -0.135. The molecule has 2 fully saturated rings. The van der Waals surface area contributed by atoms with Crippen LogP contribution >= 0.6 is 12.4 Å². The van der Waals surface area contributed by atoms with E-state index in [1.807, 2.05) is 13.8 Å². The first-order valence-electron chi connectivity index (χ1n) is 8.64. The fraction of sp³-hybridized carbons (Fsp3) is 0.812. The third-order valence-electron chi connectivity index (χ3n) is 5.03. The molecule has 8 heteroatoms. The van der Waals surface area contributed by atoms with Crippen LogP contribution in [-0.4, -0.2) is 54.5 Å². The first kappa shape index (κ1) is 20.7. The van der Waals surface area contributed by atoms with Gasteiger partial charge in [-0.05, 0) is 51.1 Å². The minimum Gasteiger partial charge on any atom is -0.355 e. The van der Waals surface area contributed by atoms with Crippen LogP contribution in [0, 0.1) is 5.92 Å². The van der Waals surface area contributed by atoms with E-state index >= 15 is 0 Å². The monoisotopic (exact) mass is 360 g/mol. The van der Waals surface area contributed by atoms with Gasteiger partial charge in [-0.1, -0.05) is 13.8 Å². The van der Waals surface area contributed by atoms with Gasteiger partial charge >= 0.3 is 6.03 Å². The summed E-state index contributed by atoms with van der Waals surface area (Å²) in [6.45, 7) is 6.19. The van der Waals surface area contributed by atoms with Crippen LogP contribution < -0.4 is 16.0 Å². The Kier molecular flexibility index (Phi) is 7.96. The first-order chi connectivity index (χ1) is 11.0. The third kappa shape index (κ3) is 4.60. The predicted molar refractivity (Wildman–Crippen MR) is 94.0 cm³/mol. The lowest BCUT2D eigenvalue weighted by Gasteiger charge is -2.23. The number of nitrogens with one attached hydrogen (secondary N) is 3. The highest BCUT2D eigenvalue weighted by atomic mass is 35.5. The van der Waals surface area contributed by atoms with Crippen LogP contribution in [0.2, 0.25) is 0 Å². The topological polar surface area (TPSA) is 90.5 Å². The van der Waals surface area contributed by atoms with Gasteiger partial charge in [-0.3, -0.25) is 14.5 Å². The van der Waals surface area contributed by atoms with Gasteiger partial charge in [-0.25, -0.2) is 4.79 Å². The van der Waals surface area contributed by atoms with Crippen LogP contribution in [0.4, 0.5) is 4.79 Å². The van der Waals surface area contributed by atoms with E-state index in [1.54, 1.807) is 0 Å². The summed E-state index contributed by atoms with van der Waals surface area (Å²) in [7, 11) is 0. The van der Waals surface area contributed by atoms with Crippen LogP contribution in [0.25, 0.3) is 0 Å². The molecule has 24 heavy (non-hydrogen) atoms. The Morgan fingerprint density at radius 3 is 2.58 bits per heavy atom. The zero-order valence-electron chi connectivity index (χ0n) is 14.5. The molecule has 0 bridgehead atoms. The molecule has 2 saturated heterocycles. The number of carbonyl (C=O) groups is 3. The average molecular weight is 361 g/mol. The molecule has 1 atom stereocenters. The van der Waals surface area contributed by atoms with Gasteiger partial charge in [0.2, 0.25) is 5.91 Å². The van der Waals surface area contributed by atoms with Crippen LogP contribution in [0.5, 0.6) is 0 Å². The molecule has 0 spiro atoms. The van der Waals surface area contributed by atoms with Crippen molar-refractivity contribution in [1.82, 2.24) is 20.9 Å². The van der Waals surface area contributed by atoms with Crippen molar-refractivity contribution in [1.29, 1.82) is 0 Å². The van der Waals surface area contributed by atoms with Crippen LogP contribution in [0.1, 0.15) is 46.0 Å². The molecule has 0 aromatic carbocycles. The zero-order chi connectivity index (χ0) is 16.9. The lowest BCUT2D eigenvalue weighted by Crippen LogP contribution is -2.46. The van der Waals surface area contributed by atoms with Crippen molar-refractivity contribution in [2.45, 2.75) is 51.5 Å². The standard InChI is InChI=1S/C16H28N4O3.ClH/c1-3-16(4-2)14(22)20(15(23)19-16)11-13(21)18-9-7-12-6-5-8-17-10-12;/h12,17H,3-11H2,1-2H3,(H,18,21)(H,19,23);1H. The molecule has 3 N–H and O–H groups in total. The fourth-order valence-electron chi connectivity index (χ4n) is 3.33. The Hall–Kier alpha value is -1.34. The molecule has 2 heterocycles. The van der Waals surface area contributed by atoms with Gasteiger partial charge in [0.1, 0.15) is 12.1 Å². The number of nitrogens with zero attached hydrogens (tertiary/aromatic N) is 1. The molecule has 138 valence electrons. The van der Waals surface area contributed by atoms with Gasteiger partial charge in [-0.15, -0.1) is 12.4 Å². The van der Waals surface area contributed by atoms with Crippen LogP contribution in [0.15, 0.2) is 0 Å². The molecule has 0 radical (unpaired) electrons. The number of carbonyl (C=O) groups excluding carboxylic acids is 3. The number of halogens is 1. The Balaban J connectivity index is 0.00000288. The predicted octanol–water partition coefficient (Wildman–Crippen LogP) is 1.02. The molecule has 7 nitrogen and oxygen atoms in total. The summed E-state index contributed by atoms with van der Waals surface area (Å²) in [5.74, 6) is 0.0213. The Morgan fingerprint density at radius 2 is 2.04 bits per heavy atom. The highest BCUT2D eigenvalue weighted by molar-refractivity contribution is 6.08. The maximum Gasteiger partial charge on any atom is 0.325 e. The van der Waals surface area contributed by atoms with Crippen molar-refractivity contribution in [3.05, 3.63) is 0 Å². The molecule has 0 aromatic rings. The molecule has 0 aromatic heterocycles. The van der Waals surface area contributed by atoms with Crippen molar-refractivity contribution in [2.24, 2.45) is 5.92 Å². The maximum atomic E-state index is 12.4. The summed E-state index contributed by atoms with van der Waals surface area (Å²) in [5.41, 5.74) is -0.842. The number of rotatable bonds is 7. The molecule has 0 saturated carbocycles. The molecule has 1 unspecified atom stereocenters. The van der Waals surface area contributed by atoms with Crippen molar-refractivity contribution in [3.63, 3.8) is 0 Å². The minimum atomic E-state index is -0.842. The van der Waals surface area contributed by atoms with Gasteiger partial charge in [-0.2, -0.15) is 0 Å². The Labute approximate surface area is 149 Å². The minimum absolute atomic E-state index is 0. The lowest BCUT2D eigenvalue weighted by atomic mass is 9.93. The second kappa shape index (κ2) is 9.22. The SMILES string of the molecule is CCC1(CC)NC(=O)N(CC(=O)NCCC2CCCNC2)C1=O.Cl. The number of hydrogen-bond donors (Lipinski definition) is 3. The quantitative estimate of drug-likeness (QED) is 0.591. The smallest absolute Gasteiger partial charge is 0.325 e. The van der Waals surface area contributed by atoms with E-state index in [0.29, 0.717) is 25.3 Å². The number of urea groups is 1. The van der Waals surface area contributed by atoms with Gasteiger partial charge in [0, 0.05) is 6.54 Å². The van der Waals surface area contributed by atoms with Gasteiger partial charge in [0.15, 0.2) is 0 Å². The summed E-state index contributed by atoms with van der Waals surface area (Å²) >= 11 is 0. The Bertz CT molecular complexity index is 462. The van der Waals surface area contributed by atoms with Gasteiger partial charge in [0.05, 0.1) is 0 Å². The van der Waals surface area contributed by atoms with E-state index < -0.39 is 11.6 Å².